The number of amidine groups is 1. The molecule has 0 unspecified atom stereocenters. The molecular weight excluding hydrogens is 552 g/mol. The fraction of sp³-hybridized carbons (Fsp3) is 0.138. The van der Waals surface area contributed by atoms with Gasteiger partial charge in [0.1, 0.15) is 12.4 Å². The first kappa shape index (κ1) is 26.4. The largest absolute Gasteiger partial charge is 0.487 e. The van der Waals surface area contributed by atoms with E-state index in [1.165, 1.54) is 17.3 Å². The van der Waals surface area contributed by atoms with Crippen LogP contribution in [0, 0.1) is 0 Å². The average molecular weight is 578 g/mol. The summed E-state index contributed by atoms with van der Waals surface area (Å²) in [5.74, 6) is -0.488. The Bertz CT molecular complexity index is 1400. The number of aromatic carboxylic acids is 1. The van der Waals surface area contributed by atoms with Gasteiger partial charge < -0.3 is 15.2 Å². The number of thioether (sulfide) groups is 1. The van der Waals surface area contributed by atoms with Crippen molar-refractivity contribution in [2.75, 3.05) is 0 Å². The van der Waals surface area contributed by atoms with Gasteiger partial charge in [-0.2, -0.15) is 0 Å². The van der Waals surface area contributed by atoms with Gasteiger partial charge in [-0.05, 0) is 105 Å². The molecule has 1 aliphatic rings. The number of carbonyl (C=O) groups is 2. The minimum absolute atomic E-state index is 0.194. The third-order valence-electron chi connectivity index (χ3n) is 5.62. The van der Waals surface area contributed by atoms with Gasteiger partial charge in [0, 0.05) is 0 Å². The van der Waals surface area contributed by atoms with Crippen LogP contribution in [0.2, 0.25) is 0 Å². The molecule has 1 heterocycles. The molecule has 0 radical (unpaired) electrons. The number of hydrogen-bond donors (Lipinski definition) is 2. The van der Waals surface area contributed by atoms with Crippen molar-refractivity contribution in [3.05, 3.63) is 111 Å². The molecule has 1 fully saturated rings. The highest BCUT2D eigenvalue weighted by molar-refractivity contribution is 9.10. The average Bonchev–Trinajstić information content (AvgIpc) is 3.22. The van der Waals surface area contributed by atoms with Crippen molar-refractivity contribution >= 4 is 56.5 Å². The summed E-state index contributed by atoms with van der Waals surface area (Å²) in [6.07, 6.45) is 5.15. The van der Waals surface area contributed by atoms with Gasteiger partial charge in [0.05, 0.1) is 20.6 Å². The van der Waals surface area contributed by atoms with E-state index in [9.17, 15) is 9.59 Å². The highest BCUT2D eigenvalue weighted by atomic mass is 79.9. The van der Waals surface area contributed by atoms with Gasteiger partial charge in [-0.25, -0.2) is 9.79 Å². The summed E-state index contributed by atoms with van der Waals surface area (Å²) in [5, 5.41) is 12.4. The van der Waals surface area contributed by atoms with Crippen LogP contribution in [-0.4, -0.2) is 22.2 Å². The van der Waals surface area contributed by atoms with Crippen molar-refractivity contribution in [3.63, 3.8) is 0 Å². The quantitative estimate of drug-likeness (QED) is 0.213. The molecule has 3 aromatic rings. The van der Waals surface area contributed by atoms with Crippen LogP contribution in [0.4, 0.5) is 5.69 Å². The number of hydrogen-bond acceptors (Lipinski definition) is 5. The molecule has 0 aliphatic carbocycles. The Morgan fingerprint density at radius 2 is 1.84 bits per heavy atom. The predicted molar refractivity (Wildman–Crippen MR) is 152 cm³/mol. The van der Waals surface area contributed by atoms with Gasteiger partial charge in [0.25, 0.3) is 5.91 Å². The number of nitrogens with one attached hydrogen (secondary N) is 1. The highest BCUT2D eigenvalue weighted by Crippen LogP contribution is 2.35. The van der Waals surface area contributed by atoms with E-state index < -0.39 is 5.97 Å². The molecule has 0 aromatic heterocycles. The Balaban J connectivity index is 1.52. The third kappa shape index (κ3) is 6.78. The van der Waals surface area contributed by atoms with Crippen molar-refractivity contribution in [1.82, 2.24) is 5.32 Å². The highest BCUT2D eigenvalue weighted by Gasteiger charge is 2.24. The number of halogens is 1. The lowest BCUT2D eigenvalue weighted by Crippen LogP contribution is -2.19. The molecule has 2 N–H and O–H groups in total. The summed E-state index contributed by atoms with van der Waals surface area (Å²) >= 11 is 4.91. The second-order valence-corrected chi connectivity index (χ2v) is 10.2. The number of carbonyl (C=O) groups excluding carboxylic acids is 1. The smallest absolute Gasteiger partial charge is 0.335 e. The summed E-state index contributed by atoms with van der Waals surface area (Å²) in [4.78, 5) is 28.8. The molecule has 0 atom stereocenters. The Labute approximate surface area is 228 Å². The molecule has 3 aromatic carbocycles. The van der Waals surface area contributed by atoms with Crippen molar-refractivity contribution in [2.24, 2.45) is 4.99 Å². The Kier molecular flexibility index (Phi) is 8.63. The zero-order chi connectivity index (χ0) is 26.4. The number of aliphatic imine (C=N–C) groups is 1. The van der Waals surface area contributed by atoms with Gasteiger partial charge in [-0.15, -0.1) is 6.58 Å². The number of amides is 1. The number of rotatable bonds is 9. The van der Waals surface area contributed by atoms with Crippen molar-refractivity contribution in [1.29, 1.82) is 0 Å². The van der Waals surface area contributed by atoms with Crippen LogP contribution in [0.15, 0.2) is 87.7 Å². The summed E-state index contributed by atoms with van der Waals surface area (Å²) in [7, 11) is 0. The minimum Gasteiger partial charge on any atom is -0.487 e. The molecule has 1 aliphatic heterocycles. The van der Waals surface area contributed by atoms with Gasteiger partial charge in [0.15, 0.2) is 5.17 Å². The second-order valence-electron chi connectivity index (χ2n) is 8.28. The number of ether oxygens (including phenoxy) is 1. The molecular formula is C29H25BrN2O4S. The van der Waals surface area contributed by atoms with E-state index in [0.717, 1.165) is 33.3 Å². The normalized spacial score (nSPS) is 15.1. The van der Waals surface area contributed by atoms with E-state index in [-0.39, 0.29) is 18.1 Å². The molecule has 37 heavy (non-hydrogen) atoms. The van der Waals surface area contributed by atoms with E-state index in [2.05, 4.69) is 39.7 Å². The van der Waals surface area contributed by atoms with Crippen molar-refractivity contribution in [2.45, 2.75) is 26.4 Å². The van der Waals surface area contributed by atoms with Crippen LogP contribution in [-0.2, 0) is 24.2 Å². The predicted octanol–water partition coefficient (Wildman–Crippen LogP) is 6.91. The summed E-state index contributed by atoms with van der Waals surface area (Å²) in [5.41, 5.74) is 4.85. The third-order valence-corrected chi connectivity index (χ3v) is 7.11. The lowest BCUT2D eigenvalue weighted by molar-refractivity contribution is -0.115. The number of nitrogens with zero attached hydrogens (tertiary/aromatic N) is 1. The molecule has 188 valence electrons. The number of benzene rings is 3. The molecule has 1 saturated heterocycles. The van der Waals surface area contributed by atoms with Gasteiger partial charge in [-0.1, -0.05) is 37.3 Å². The van der Waals surface area contributed by atoms with Gasteiger partial charge in [0.2, 0.25) is 0 Å². The maximum Gasteiger partial charge on any atom is 0.335 e. The van der Waals surface area contributed by atoms with E-state index in [4.69, 9.17) is 9.84 Å². The summed E-state index contributed by atoms with van der Waals surface area (Å²) in [6.45, 7) is 6.23. The maximum atomic E-state index is 12.6. The molecule has 6 nitrogen and oxygen atoms in total. The molecule has 8 heteroatoms. The van der Waals surface area contributed by atoms with Crippen molar-refractivity contribution in [3.8, 4) is 5.75 Å². The van der Waals surface area contributed by atoms with E-state index in [0.29, 0.717) is 22.2 Å². The van der Waals surface area contributed by atoms with E-state index >= 15 is 0 Å². The lowest BCUT2D eigenvalue weighted by atomic mass is 10.1. The maximum absolute atomic E-state index is 12.6. The van der Waals surface area contributed by atoms with Crippen LogP contribution < -0.4 is 10.1 Å². The van der Waals surface area contributed by atoms with Crippen LogP contribution in [0.25, 0.3) is 6.08 Å². The first-order chi connectivity index (χ1) is 17.9. The fourth-order valence-corrected chi connectivity index (χ4v) is 5.16. The number of carboxylic acids is 1. The Morgan fingerprint density at radius 3 is 2.49 bits per heavy atom. The standard InChI is InChI=1S/C29H25BrN2O4S/c1-3-5-22-14-20(15-24(30)26(22)36-17-19-6-10-21(11-7-19)28(34)35)16-25-27(33)32-29(37-25)31-23-12-8-18(4-2)9-13-23/h3,6-16H,1,4-5,17H2,2H3,(H,34,35)(H,31,32,33)/b25-16-. The van der Waals surface area contributed by atoms with Crippen molar-refractivity contribution < 1.29 is 19.4 Å². The first-order valence-corrected chi connectivity index (χ1v) is 13.2. The SMILES string of the molecule is C=CCc1cc(/C=C2\SC(=Nc3ccc(CC)cc3)NC2=O)cc(Br)c1OCc1ccc(C(=O)O)cc1. The molecule has 1 amide bonds. The molecule has 0 bridgehead atoms. The van der Waals surface area contributed by atoms with Crippen LogP contribution in [0.1, 0.15) is 39.5 Å². The zero-order valence-corrected chi connectivity index (χ0v) is 22.6. The van der Waals surface area contributed by atoms with Crippen LogP contribution in [0.3, 0.4) is 0 Å². The Morgan fingerprint density at radius 1 is 1.14 bits per heavy atom. The van der Waals surface area contributed by atoms with E-state index in [1.54, 1.807) is 30.3 Å². The first-order valence-electron chi connectivity index (χ1n) is 11.6. The Hall–Kier alpha value is -3.62. The second kappa shape index (κ2) is 12.1. The lowest BCUT2D eigenvalue weighted by Gasteiger charge is -2.14. The van der Waals surface area contributed by atoms with Gasteiger partial charge in [-0.3, -0.25) is 4.79 Å². The van der Waals surface area contributed by atoms with Gasteiger partial charge >= 0.3 is 5.97 Å². The summed E-state index contributed by atoms with van der Waals surface area (Å²) in [6, 6.07) is 18.4. The fourth-order valence-electron chi connectivity index (χ4n) is 3.68. The number of aryl methyl sites for hydroxylation is 1. The summed E-state index contributed by atoms with van der Waals surface area (Å²) < 4.78 is 6.83. The number of carboxylic acid groups (broad SMARTS) is 1. The molecule has 0 spiro atoms. The van der Waals surface area contributed by atoms with Crippen LogP contribution in [0.5, 0.6) is 5.75 Å². The van der Waals surface area contributed by atoms with Crippen LogP contribution >= 0.6 is 27.7 Å². The topological polar surface area (TPSA) is 88.0 Å². The monoisotopic (exact) mass is 576 g/mol. The minimum atomic E-state index is -0.966. The number of allylic oxidation sites excluding steroid dienone is 1. The molecule has 4 rings (SSSR count). The zero-order valence-electron chi connectivity index (χ0n) is 20.2. The molecule has 0 saturated carbocycles. The van der Waals surface area contributed by atoms with E-state index in [1.807, 2.05) is 42.5 Å².